The molecule has 11 nitrogen and oxygen atoms in total. The monoisotopic (exact) mass is 567 g/mol. The summed E-state index contributed by atoms with van der Waals surface area (Å²) in [7, 11) is 0. The van der Waals surface area contributed by atoms with Crippen molar-refractivity contribution in [3.05, 3.63) is 48.7 Å². The molecule has 1 amide bonds. The first-order chi connectivity index (χ1) is 18.2. The van der Waals surface area contributed by atoms with E-state index in [0.29, 0.717) is 24.3 Å². The molecule has 3 N–H and O–H groups in total. The number of aromatic nitrogens is 3. The summed E-state index contributed by atoms with van der Waals surface area (Å²) in [6.07, 6.45) is -1.81. The smallest absolute Gasteiger partial charge is 0.475 e. The zero-order valence-corrected chi connectivity index (χ0v) is 19.9. The summed E-state index contributed by atoms with van der Waals surface area (Å²) in [5.41, 5.74) is 1.25. The van der Waals surface area contributed by atoms with Crippen LogP contribution in [0.15, 0.2) is 43.1 Å². The molecular formula is C22H23F6N5O6. The van der Waals surface area contributed by atoms with Crippen LogP contribution in [-0.4, -0.2) is 86.6 Å². The molecule has 0 unspecified atom stereocenters. The summed E-state index contributed by atoms with van der Waals surface area (Å²) < 4.78 is 69.2. The highest BCUT2D eigenvalue weighted by atomic mass is 19.4. The Labute approximate surface area is 216 Å². The van der Waals surface area contributed by atoms with E-state index in [-0.39, 0.29) is 11.8 Å². The van der Waals surface area contributed by atoms with E-state index in [1.165, 1.54) is 5.56 Å². The zero-order valence-electron chi connectivity index (χ0n) is 19.9. The van der Waals surface area contributed by atoms with Gasteiger partial charge in [-0.15, -0.1) is 0 Å². The van der Waals surface area contributed by atoms with Crippen LogP contribution in [0.5, 0.6) is 0 Å². The first kappa shape index (κ1) is 31.4. The lowest BCUT2D eigenvalue weighted by Gasteiger charge is -2.31. The van der Waals surface area contributed by atoms with Crippen molar-refractivity contribution in [2.75, 3.05) is 31.6 Å². The van der Waals surface area contributed by atoms with Gasteiger partial charge in [-0.1, -0.05) is 0 Å². The zero-order chi connectivity index (χ0) is 29.2. The third-order valence-corrected chi connectivity index (χ3v) is 5.51. The van der Waals surface area contributed by atoms with Gasteiger partial charge in [0.25, 0.3) is 0 Å². The minimum absolute atomic E-state index is 0.0269. The van der Waals surface area contributed by atoms with Gasteiger partial charge >= 0.3 is 24.3 Å². The Morgan fingerprint density at radius 2 is 1.51 bits per heavy atom. The number of aliphatic carboxylic acids is 2. The Morgan fingerprint density at radius 1 is 0.923 bits per heavy atom. The number of pyridine rings is 1. The van der Waals surface area contributed by atoms with Crippen molar-refractivity contribution in [2.45, 2.75) is 18.9 Å². The number of rotatable bonds is 4. The van der Waals surface area contributed by atoms with Crippen molar-refractivity contribution in [1.29, 1.82) is 0 Å². The van der Waals surface area contributed by atoms with E-state index in [4.69, 9.17) is 24.5 Å². The number of halogens is 6. The molecule has 214 valence electrons. The molecule has 0 spiro atoms. The average Bonchev–Trinajstić information content (AvgIpc) is 3.27. The summed E-state index contributed by atoms with van der Waals surface area (Å²) >= 11 is 0. The number of anilines is 1. The fraction of sp³-hybridized carbons (Fsp3) is 0.455. The largest absolute Gasteiger partial charge is 0.490 e. The van der Waals surface area contributed by atoms with Gasteiger partial charge in [0.05, 0.1) is 25.3 Å². The molecule has 0 bridgehead atoms. The normalized spacial score (nSPS) is 20.8. The first-order valence-electron chi connectivity index (χ1n) is 11.0. The summed E-state index contributed by atoms with van der Waals surface area (Å²) in [4.78, 5) is 45.1. The van der Waals surface area contributed by atoms with Crippen molar-refractivity contribution in [3.8, 4) is 0 Å². The van der Waals surface area contributed by atoms with Crippen molar-refractivity contribution in [2.24, 2.45) is 17.8 Å². The number of fused-ring (bicyclic) bond motifs is 1. The van der Waals surface area contributed by atoms with Crippen LogP contribution in [0.3, 0.4) is 0 Å². The number of nitrogens with one attached hydrogen (secondary N) is 1. The number of carboxylic acids is 2. The van der Waals surface area contributed by atoms with Gasteiger partial charge in [-0.05, 0) is 29.5 Å². The van der Waals surface area contributed by atoms with Crippen molar-refractivity contribution >= 4 is 23.7 Å². The van der Waals surface area contributed by atoms with E-state index >= 15 is 0 Å². The molecule has 4 rings (SSSR count). The number of alkyl halides is 6. The van der Waals surface area contributed by atoms with Crippen LogP contribution in [0.25, 0.3) is 0 Å². The molecular weight excluding hydrogens is 544 g/mol. The third kappa shape index (κ3) is 10.4. The third-order valence-electron chi connectivity index (χ3n) is 5.51. The molecule has 2 aromatic heterocycles. The van der Waals surface area contributed by atoms with Crippen LogP contribution in [0, 0.1) is 17.8 Å². The van der Waals surface area contributed by atoms with Gasteiger partial charge in [0.1, 0.15) is 0 Å². The summed E-state index contributed by atoms with van der Waals surface area (Å²) in [5, 5.41) is 17.1. The van der Waals surface area contributed by atoms with E-state index in [2.05, 4.69) is 25.2 Å². The maximum atomic E-state index is 12.7. The number of carboxylic acid groups (broad SMARTS) is 2. The Balaban J connectivity index is 0.000000317. The van der Waals surface area contributed by atoms with Gasteiger partial charge in [0.15, 0.2) is 5.82 Å². The highest BCUT2D eigenvalue weighted by Gasteiger charge is 2.44. The first-order valence-corrected chi connectivity index (χ1v) is 11.0. The number of hydrogen-bond donors (Lipinski definition) is 3. The summed E-state index contributed by atoms with van der Waals surface area (Å²) in [6, 6.07) is 4.08. The SMILES string of the molecule is O=C(Nc1cnccn1)[C@@H]1COC[C@H]2CN(Cc3ccncc3)C[C@H]21.O=C(O)C(F)(F)F.O=C(O)C(F)(F)F. The molecule has 0 saturated carbocycles. The highest BCUT2D eigenvalue weighted by molar-refractivity contribution is 5.92. The van der Waals surface area contributed by atoms with Gasteiger partial charge in [0, 0.05) is 44.4 Å². The number of carbonyl (C=O) groups excluding carboxylic acids is 1. The van der Waals surface area contributed by atoms with Crippen molar-refractivity contribution in [1.82, 2.24) is 19.9 Å². The number of nitrogens with zero attached hydrogens (tertiary/aromatic N) is 4. The van der Waals surface area contributed by atoms with Gasteiger partial charge in [0.2, 0.25) is 5.91 Å². The average molecular weight is 567 g/mol. The molecule has 0 radical (unpaired) electrons. The molecule has 2 aliphatic rings. The number of carbonyl (C=O) groups is 3. The van der Waals surface area contributed by atoms with E-state index in [9.17, 15) is 31.1 Å². The van der Waals surface area contributed by atoms with Crippen LogP contribution in [0.4, 0.5) is 32.2 Å². The van der Waals surface area contributed by atoms with Gasteiger partial charge in [-0.2, -0.15) is 26.3 Å². The molecule has 2 aliphatic heterocycles. The maximum absolute atomic E-state index is 12.7. The van der Waals surface area contributed by atoms with E-state index in [0.717, 1.165) is 26.2 Å². The Kier molecular flexibility index (Phi) is 11.1. The molecule has 2 aromatic rings. The highest BCUT2D eigenvalue weighted by Crippen LogP contribution is 2.35. The van der Waals surface area contributed by atoms with Crippen LogP contribution in [-0.2, 0) is 25.7 Å². The topological polar surface area (TPSA) is 155 Å². The lowest BCUT2D eigenvalue weighted by atomic mass is 9.82. The lowest BCUT2D eigenvalue weighted by Crippen LogP contribution is -2.42. The molecule has 0 aromatic carbocycles. The fourth-order valence-corrected chi connectivity index (χ4v) is 3.82. The molecule has 3 atom stereocenters. The summed E-state index contributed by atoms with van der Waals surface area (Å²) in [5.74, 6) is -4.49. The molecule has 4 heterocycles. The number of amides is 1. The van der Waals surface area contributed by atoms with Gasteiger partial charge in [-0.25, -0.2) is 14.6 Å². The molecule has 0 aliphatic carbocycles. The number of likely N-dealkylation sites (tertiary alicyclic amines) is 1. The molecule has 2 saturated heterocycles. The second-order valence-corrected chi connectivity index (χ2v) is 8.30. The predicted molar refractivity (Wildman–Crippen MR) is 119 cm³/mol. The standard InChI is InChI=1S/C18H21N5O2.2C2HF3O2/c24-18(22-17-7-20-5-6-21-17)16-12-25-11-14-9-23(10-15(14)16)8-13-1-3-19-4-2-13;2*3-2(4,5)1(6)7/h1-7,14-16H,8-12H2,(H,21,22,24);2*(H,6,7)/t14-,15-,16-;;/m1../s1. The lowest BCUT2D eigenvalue weighted by molar-refractivity contribution is -0.193. The Morgan fingerprint density at radius 3 is 2.03 bits per heavy atom. The molecule has 2 fully saturated rings. The second-order valence-electron chi connectivity index (χ2n) is 8.30. The second kappa shape index (κ2) is 13.8. The van der Waals surface area contributed by atoms with Crippen LogP contribution in [0.2, 0.25) is 0 Å². The predicted octanol–water partition coefficient (Wildman–Crippen LogP) is 2.47. The summed E-state index contributed by atoms with van der Waals surface area (Å²) in [6.45, 7) is 3.95. The minimum atomic E-state index is -5.08. The number of hydrogen-bond acceptors (Lipinski definition) is 8. The van der Waals surface area contributed by atoms with E-state index in [1.54, 1.807) is 18.6 Å². The molecule has 17 heteroatoms. The molecule has 39 heavy (non-hydrogen) atoms. The van der Waals surface area contributed by atoms with Crippen LogP contribution >= 0.6 is 0 Å². The van der Waals surface area contributed by atoms with Gasteiger partial charge < -0.3 is 20.3 Å². The van der Waals surface area contributed by atoms with Crippen LogP contribution in [0.1, 0.15) is 5.56 Å². The van der Waals surface area contributed by atoms with Crippen molar-refractivity contribution in [3.63, 3.8) is 0 Å². The Bertz CT molecular complexity index is 1070. The maximum Gasteiger partial charge on any atom is 0.490 e. The minimum Gasteiger partial charge on any atom is -0.475 e. The van der Waals surface area contributed by atoms with Crippen LogP contribution < -0.4 is 5.32 Å². The van der Waals surface area contributed by atoms with Crippen molar-refractivity contribution < 1.29 is 55.7 Å². The van der Waals surface area contributed by atoms with E-state index in [1.807, 2.05) is 24.5 Å². The Hall–Kier alpha value is -3.86. The quantitative estimate of drug-likeness (QED) is 0.470. The fourth-order valence-electron chi connectivity index (χ4n) is 3.82. The number of ether oxygens (including phenoxy) is 1. The van der Waals surface area contributed by atoms with Gasteiger partial charge in [-0.3, -0.25) is 19.7 Å². The van der Waals surface area contributed by atoms with E-state index < -0.39 is 24.3 Å².